The van der Waals surface area contributed by atoms with E-state index >= 15 is 0 Å². The number of carboxylic acids is 1. The van der Waals surface area contributed by atoms with Crippen LogP contribution in [-0.2, 0) is 24.7 Å². The number of benzene rings is 1. The van der Waals surface area contributed by atoms with E-state index in [9.17, 15) is 26.7 Å². The van der Waals surface area contributed by atoms with E-state index in [-0.39, 0.29) is 10.6 Å². The third-order valence-corrected chi connectivity index (χ3v) is 7.45. The number of aliphatic carboxylic acids is 1. The number of hydrogen-bond donors (Lipinski definition) is 2. The molecule has 1 heterocycles. The van der Waals surface area contributed by atoms with E-state index in [0.29, 0.717) is 9.87 Å². The van der Waals surface area contributed by atoms with Crippen LogP contribution in [-0.4, -0.2) is 74.6 Å². The summed E-state index contributed by atoms with van der Waals surface area (Å²) in [6.45, 7) is 0.672. The Hall–Kier alpha value is -1.69. The van der Waals surface area contributed by atoms with Crippen LogP contribution in [0.2, 0.25) is 0 Å². The largest absolute Gasteiger partial charge is 0.495 e. The van der Waals surface area contributed by atoms with Crippen molar-refractivity contribution in [1.82, 2.24) is 4.31 Å². The van der Waals surface area contributed by atoms with Gasteiger partial charge in [-0.3, -0.25) is 4.79 Å². The Morgan fingerprint density at radius 1 is 1.36 bits per heavy atom. The molecule has 0 bridgehead atoms. The molecular formula is C14H19NO8S2. The molecule has 1 fully saturated rings. The van der Waals surface area contributed by atoms with Crippen molar-refractivity contribution in [2.45, 2.75) is 24.0 Å². The fourth-order valence-corrected chi connectivity index (χ4v) is 6.45. The predicted molar refractivity (Wildman–Crippen MR) is 87.7 cm³/mol. The Bertz CT molecular complexity index is 878. The normalized spacial score (nSPS) is 22.9. The van der Waals surface area contributed by atoms with Crippen LogP contribution in [0.3, 0.4) is 0 Å². The highest BCUT2D eigenvalue weighted by Gasteiger charge is 2.46. The molecule has 0 saturated carbocycles. The molecule has 1 aliphatic heterocycles. The predicted octanol–water partition coefficient (Wildman–Crippen LogP) is -0.763. The molecule has 25 heavy (non-hydrogen) atoms. The van der Waals surface area contributed by atoms with Gasteiger partial charge in [0.1, 0.15) is 17.2 Å². The second-order valence-electron chi connectivity index (χ2n) is 5.81. The van der Waals surface area contributed by atoms with Crippen molar-refractivity contribution in [1.29, 1.82) is 0 Å². The van der Waals surface area contributed by atoms with E-state index in [1.165, 1.54) is 19.2 Å². The van der Waals surface area contributed by atoms with Crippen LogP contribution in [0.5, 0.6) is 5.75 Å². The lowest BCUT2D eigenvalue weighted by atomic mass is 10.2. The van der Waals surface area contributed by atoms with Crippen molar-refractivity contribution < 1.29 is 36.6 Å². The van der Waals surface area contributed by atoms with Gasteiger partial charge < -0.3 is 14.9 Å². The zero-order valence-corrected chi connectivity index (χ0v) is 15.2. The molecule has 1 saturated heterocycles. The molecule has 140 valence electrons. The lowest BCUT2D eigenvalue weighted by molar-refractivity contribution is -0.137. The summed E-state index contributed by atoms with van der Waals surface area (Å²) in [6, 6.07) is 2.96. The number of ether oxygens (including phenoxy) is 1. The van der Waals surface area contributed by atoms with Gasteiger partial charge in [-0.25, -0.2) is 16.8 Å². The SMILES string of the molecule is COc1ccc(C)cc1S(=O)(=O)N(CC(=O)O)[C@@H]1CS(=O)(=O)C[C@H]1O. The molecule has 1 aromatic rings. The maximum absolute atomic E-state index is 13.0. The van der Waals surface area contributed by atoms with Crippen LogP contribution in [0.4, 0.5) is 0 Å². The molecule has 0 radical (unpaired) electrons. The van der Waals surface area contributed by atoms with E-state index in [1.807, 2.05) is 0 Å². The number of rotatable bonds is 6. The minimum absolute atomic E-state index is 0.00340. The Balaban J connectivity index is 2.58. The van der Waals surface area contributed by atoms with Gasteiger partial charge in [-0.15, -0.1) is 0 Å². The minimum Gasteiger partial charge on any atom is -0.495 e. The van der Waals surface area contributed by atoms with Gasteiger partial charge in [-0.1, -0.05) is 6.07 Å². The van der Waals surface area contributed by atoms with Crippen LogP contribution in [0.15, 0.2) is 23.1 Å². The topological polar surface area (TPSA) is 138 Å². The van der Waals surface area contributed by atoms with Crippen molar-refractivity contribution in [3.63, 3.8) is 0 Å². The zero-order valence-electron chi connectivity index (χ0n) is 13.6. The van der Waals surface area contributed by atoms with E-state index in [4.69, 9.17) is 9.84 Å². The van der Waals surface area contributed by atoms with Gasteiger partial charge in [0.15, 0.2) is 9.84 Å². The maximum Gasteiger partial charge on any atom is 0.318 e. The minimum atomic E-state index is -4.42. The Labute approximate surface area is 145 Å². The number of carboxylic acid groups (broad SMARTS) is 1. The molecule has 0 spiro atoms. The number of sulfonamides is 1. The first kappa shape index (κ1) is 19.6. The summed E-state index contributed by atoms with van der Waals surface area (Å²) in [7, 11) is -6.83. The third kappa shape index (κ3) is 4.11. The Morgan fingerprint density at radius 2 is 2.00 bits per heavy atom. The molecule has 2 atom stereocenters. The summed E-state index contributed by atoms with van der Waals surface area (Å²) in [5.41, 5.74) is 0.592. The Kier molecular flexibility index (Phi) is 5.42. The lowest BCUT2D eigenvalue weighted by Crippen LogP contribution is -2.48. The number of aliphatic hydroxyl groups excluding tert-OH is 1. The fraction of sp³-hybridized carbons (Fsp3) is 0.500. The second-order valence-corrected chi connectivity index (χ2v) is 9.82. The number of carbonyl (C=O) groups is 1. The van der Waals surface area contributed by atoms with Gasteiger partial charge in [0.2, 0.25) is 10.0 Å². The number of methoxy groups -OCH3 is 1. The number of nitrogens with zero attached hydrogens (tertiary/aromatic N) is 1. The molecule has 11 heteroatoms. The van der Waals surface area contributed by atoms with Gasteiger partial charge in [-0.2, -0.15) is 4.31 Å². The molecule has 0 aliphatic carbocycles. The second kappa shape index (κ2) is 6.90. The van der Waals surface area contributed by atoms with Crippen LogP contribution >= 0.6 is 0 Å². The maximum atomic E-state index is 13.0. The van der Waals surface area contributed by atoms with Gasteiger partial charge in [0.25, 0.3) is 0 Å². The van der Waals surface area contributed by atoms with Crippen LogP contribution in [0.25, 0.3) is 0 Å². The van der Waals surface area contributed by atoms with Crippen molar-refractivity contribution in [3.8, 4) is 5.75 Å². The molecule has 2 rings (SSSR count). The van der Waals surface area contributed by atoms with Crippen molar-refractivity contribution in [2.24, 2.45) is 0 Å². The number of sulfone groups is 1. The highest BCUT2D eigenvalue weighted by atomic mass is 32.2. The van der Waals surface area contributed by atoms with Crippen molar-refractivity contribution in [2.75, 3.05) is 25.2 Å². The molecule has 0 amide bonds. The van der Waals surface area contributed by atoms with Crippen molar-refractivity contribution >= 4 is 25.8 Å². The van der Waals surface area contributed by atoms with Crippen LogP contribution < -0.4 is 4.74 Å². The number of aryl methyl sites for hydroxylation is 1. The summed E-state index contributed by atoms with van der Waals surface area (Å²) in [4.78, 5) is 10.9. The first-order chi connectivity index (χ1) is 11.5. The molecular weight excluding hydrogens is 374 g/mol. The van der Waals surface area contributed by atoms with Gasteiger partial charge in [-0.05, 0) is 24.6 Å². The van der Waals surface area contributed by atoms with E-state index in [1.54, 1.807) is 13.0 Å². The van der Waals surface area contributed by atoms with Crippen LogP contribution in [0.1, 0.15) is 5.56 Å². The summed E-state index contributed by atoms with van der Waals surface area (Å²) in [5, 5.41) is 19.1. The first-order valence-electron chi connectivity index (χ1n) is 7.24. The number of aliphatic hydroxyl groups is 1. The summed E-state index contributed by atoms with van der Waals surface area (Å²) >= 11 is 0. The summed E-state index contributed by atoms with van der Waals surface area (Å²) in [6.07, 6.45) is -1.50. The number of hydrogen-bond acceptors (Lipinski definition) is 7. The van der Waals surface area contributed by atoms with E-state index < -0.39 is 56.0 Å². The molecule has 0 aromatic heterocycles. The van der Waals surface area contributed by atoms with Crippen LogP contribution in [0, 0.1) is 6.92 Å². The highest BCUT2D eigenvalue weighted by molar-refractivity contribution is 7.92. The lowest BCUT2D eigenvalue weighted by Gasteiger charge is -2.28. The molecule has 1 aliphatic rings. The summed E-state index contributed by atoms with van der Waals surface area (Å²) < 4.78 is 55.1. The summed E-state index contributed by atoms with van der Waals surface area (Å²) in [5.74, 6) is -2.73. The first-order valence-corrected chi connectivity index (χ1v) is 10.5. The van der Waals surface area contributed by atoms with E-state index in [0.717, 1.165) is 0 Å². The zero-order chi connectivity index (χ0) is 19.0. The highest BCUT2D eigenvalue weighted by Crippen LogP contribution is 2.31. The monoisotopic (exact) mass is 393 g/mol. The van der Waals surface area contributed by atoms with Crippen molar-refractivity contribution in [3.05, 3.63) is 23.8 Å². The Morgan fingerprint density at radius 3 is 2.48 bits per heavy atom. The average Bonchev–Trinajstić information content (AvgIpc) is 2.77. The molecule has 9 nitrogen and oxygen atoms in total. The molecule has 0 unspecified atom stereocenters. The quantitative estimate of drug-likeness (QED) is 0.643. The standard InChI is InChI=1S/C14H19NO8S2/c1-9-3-4-12(23-2)13(5-9)25(21,22)15(6-14(17)18)10-7-24(19,20)8-11(10)16/h3-5,10-11,16H,6-8H2,1-2H3,(H,17,18)/t10-,11-/m1/s1. The van der Waals surface area contributed by atoms with Gasteiger partial charge >= 0.3 is 5.97 Å². The average molecular weight is 393 g/mol. The van der Waals surface area contributed by atoms with Gasteiger partial charge in [0.05, 0.1) is 30.8 Å². The molecule has 1 aromatic carbocycles. The molecule has 2 N–H and O–H groups in total. The van der Waals surface area contributed by atoms with Gasteiger partial charge in [0, 0.05) is 0 Å². The fourth-order valence-electron chi connectivity index (χ4n) is 2.71. The van der Waals surface area contributed by atoms with E-state index in [2.05, 4.69) is 0 Å². The third-order valence-electron chi connectivity index (χ3n) is 3.86. The smallest absolute Gasteiger partial charge is 0.318 e.